The smallest absolute Gasteiger partial charge is 1.00 e. The van der Waals surface area contributed by atoms with Crippen molar-refractivity contribution in [2.45, 2.75) is 117 Å². The Labute approximate surface area is 307 Å². The average Bonchev–Trinajstić information content (AvgIpc) is 3.58. The molecule has 0 spiro atoms. The summed E-state index contributed by atoms with van der Waals surface area (Å²) in [6.07, 6.45) is 13.4. The molecule has 4 aromatic carbocycles. The molecule has 4 aromatic rings. The van der Waals surface area contributed by atoms with Gasteiger partial charge in [-0.1, -0.05) is 95.8 Å². The SMILES string of the molecule is C[Si]C.Cc1ccc2[cH-]c(C3CCCCC3)c(O[Si])c2c1C.Cc1ccc2[cH-]c(C3CCCCC3)c(O[Si])c2c1C.[Cl-].[Cl-].[Zr+4]. The summed E-state index contributed by atoms with van der Waals surface area (Å²) >= 11 is 0. The van der Waals surface area contributed by atoms with Crippen LogP contribution in [0.5, 0.6) is 11.5 Å². The van der Waals surface area contributed by atoms with Gasteiger partial charge in [0.15, 0.2) is 0 Å². The standard InChI is InChI=1S/2C17H20OSi.C2H6Si.2ClH.Zr/c2*1-11-8-9-14-10-15(13-6-4-3-5-7-13)17(18-19)16(14)12(11)2;1-3-2;;;/h2*8-10,13H,3-7H2,1-2H3;1-2H3;2*1H;/q2*-1;;;;+4/p-2. The van der Waals surface area contributed by atoms with E-state index >= 15 is 0 Å². The molecule has 0 aromatic heterocycles. The molecule has 232 valence electrons. The number of benzene rings is 2. The number of halogens is 2. The number of hydrogen-bond donors (Lipinski definition) is 0. The van der Waals surface area contributed by atoms with E-state index in [9.17, 15) is 0 Å². The van der Waals surface area contributed by atoms with Crippen LogP contribution in [0.1, 0.15) is 109 Å². The Morgan fingerprint density at radius 2 is 0.932 bits per heavy atom. The topological polar surface area (TPSA) is 18.5 Å². The van der Waals surface area contributed by atoms with E-state index in [1.807, 2.05) is 0 Å². The third kappa shape index (κ3) is 9.25. The van der Waals surface area contributed by atoms with Gasteiger partial charge in [-0.25, -0.2) is 0 Å². The molecular weight excluding hydrogens is 711 g/mol. The zero-order valence-corrected chi connectivity index (χ0v) is 34.2. The summed E-state index contributed by atoms with van der Waals surface area (Å²) in [5.74, 6) is 3.46. The van der Waals surface area contributed by atoms with Gasteiger partial charge >= 0.3 is 47.2 Å². The van der Waals surface area contributed by atoms with Crippen molar-refractivity contribution in [3.63, 3.8) is 0 Å². The molecule has 2 saturated carbocycles. The maximum absolute atomic E-state index is 5.59. The number of aryl methyl sites for hydroxylation is 4. The van der Waals surface area contributed by atoms with Gasteiger partial charge in [-0.3, -0.25) is 0 Å². The molecule has 0 aliphatic heterocycles. The van der Waals surface area contributed by atoms with Crippen LogP contribution in [0.2, 0.25) is 13.1 Å². The zero-order valence-electron chi connectivity index (χ0n) is 27.3. The molecule has 2 aliphatic carbocycles. The monoisotopic (exact) mass is 754 g/mol. The summed E-state index contributed by atoms with van der Waals surface area (Å²) < 4.78 is 11.2. The van der Waals surface area contributed by atoms with Crippen molar-refractivity contribution in [3.8, 4) is 11.5 Å². The minimum absolute atomic E-state index is 0. The van der Waals surface area contributed by atoms with E-state index in [0.29, 0.717) is 11.8 Å². The van der Waals surface area contributed by atoms with Crippen molar-refractivity contribution in [2.75, 3.05) is 0 Å². The van der Waals surface area contributed by atoms with Crippen LogP contribution in [0.4, 0.5) is 0 Å². The van der Waals surface area contributed by atoms with E-state index < -0.39 is 0 Å². The van der Waals surface area contributed by atoms with Crippen LogP contribution in [-0.2, 0) is 26.2 Å². The Balaban J connectivity index is 0.000000380. The minimum Gasteiger partial charge on any atom is -1.00 e. The Kier molecular flexibility index (Phi) is 18.7. The van der Waals surface area contributed by atoms with Gasteiger partial charge in [0.05, 0.1) is 0 Å². The van der Waals surface area contributed by atoms with Crippen LogP contribution < -0.4 is 33.7 Å². The first-order chi connectivity index (χ1) is 19.9. The van der Waals surface area contributed by atoms with E-state index in [4.69, 9.17) is 8.85 Å². The van der Waals surface area contributed by atoms with Crippen molar-refractivity contribution in [1.29, 1.82) is 0 Å². The molecule has 0 saturated heterocycles. The second-order valence-corrected chi connectivity index (χ2v) is 13.6. The van der Waals surface area contributed by atoms with Gasteiger partial charge in [-0.15, -0.1) is 47.2 Å². The van der Waals surface area contributed by atoms with Crippen molar-refractivity contribution in [2.24, 2.45) is 0 Å². The van der Waals surface area contributed by atoms with Gasteiger partial charge in [-0.2, -0.15) is 0 Å². The van der Waals surface area contributed by atoms with Gasteiger partial charge in [0.25, 0.3) is 0 Å². The molecule has 44 heavy (non-hydrogen) atoms. The quantitative estimate of drug-likeness (QED) is 0.230. The minimum atomic E-state index is 0. The maximum atomic E-state index is 5.59. The van der Waals surface area contributed by atoms with Crippen molar-refractivity contribution < 1.29 is 59.9 Å². The van der Waals surface area contributed by atoms with E-state index in [0.717, 1.165) is 21.0 Å². The number of rotatable bonds is 4. The second kappa shape index (κ2) is 19.9. The Morgan fingerprint density at radius 3 is 1.23 bits per heavy atom. The summed E-state index contributed by atoms with van der Waals surface area (Å²) in [6, 6.07) is 13.5. The first-order valence-corrected chi connectivity index (χ1v) is 18.3. The molecule has 0 N–H and O–H groups in total. The molecule has 0 unspecified atom stereocenters. The van der Waals surface area contributed by atoms with Gasteiger partial charge in [0, 0.05) is 9.52 Å². The van der Waals surface area contributed by atoms with Crippen molar-refractivity contribution >= 4 is 52.0 Å². The van der Waals surface area contributed by atoms with Crippen molar-refractivity contribution in [1.82, 2.24) is 0 Å². The third-order valence-electron chi connectivity index (χ3n) is 9.43. The molecule has 0 atom stereocenters. The van der Waals surface area contributed by atoms with E-state index in [2.05, 4.69) is 98.2 Å². The molecule has 2 aliphatic rings. The number of fused-ring (bicyclic) bond motifs is 2. The fourth-order valence-electron chi connectivity index (χ4n) is 6.93. The second-order valence-electron chi connectivity index (χ2n) is 12.2. The molecule has 6 rings (SSSR count). The summed E-state index contributed by atoms with van der Waals surface area (Å²) in [5.41, 5.74) is 8.15. The van der Waals surface area contributed by atoms with Gasteiger partial charge in [0.1, 0.15) is 0 Å². The van der Waals surface area contributed by atoms with Gasteiger partial charge in [0.2, 0.25) is 0 Å². The predicted octanol–water partition coefficient (Wildman–Crippen LogP) is 4.16. The third-order valence-corrected chi connectivity index (χ3v) is 9.84. The first kappa shape index (κ1) is 41.4. The number of hydrogen-bond acceptors (Lipinski definition) is 2. The van der Waals surface area contributed by atoms with Crippen LogP contribution in [0.15, 0.2) is 36.4 Å². The van der Waals surface area contributed by atoms with Crippen LogP contribution >= 0.6 is 0 Å². The summed E-state index contributed by atoms with van der Waals surface area (Å²) in [7, 11) is 7.66. The van der Waals surface area contributed by atoms with Crippen LogP contribution in [-0.4, -0.2) is 30.5 Å². The Bertz CT molecular complexity index is 1330. The largest absolute Gasteiger partial charge is 4.00 e. The van der Waals surface area contributed by atoms with E-state index in [-0.39, 0.29) is 51.0 Å². The predicted molar refractivity (Wildman–Crippen MR) is 180 cm³/mol. The normalized spacial score (nSPS) is 15.1. The van der Waals surface area contributed by atoms with Crippen molar-refractivity contribution in [3.05, 3.63) is 69.8 Å². The summed E-state index contributed by atoms with van der Waals surface area (Å²) in [4.78, 5) is 0. The summed E-state index contributed by atoms with van der Waals surface area (Å²) in [6.45, 7) is 13.0. The average molecular weight is 757 g/mol. The van der Waals surface area contributed by atoms with Gasteiger partial charge in [-0.05, 0) is 76.7 Å². The molecule has 0 heterocycles. The molecule has 0 bridgehead atoms. The molecule has 2 nitrogen and oxygen atoms in total. The molecular formula is C36H46Cl2O2Si3Zr. The fraction of sp³-hybridized carbons (Fsp3) is 0.500. The Hall–Kier alpha value is -0.626. The Morgan fingerprint density at radius 1 is 0.614 bits per heavy atom. The molecule has 8 heteroatoms. The molecule has 0 amide bonds. The van der Waals surface area contributed by atoms with E-state index in [1.165, 1.54) is 119 Å². The van der Waals surface area contributed by atoms with Crippen LogP contribution in [0.25, 0.3) is 21.5 Å². The van der Waals surface area contributed by atoms with E-state index in [1.54, 1.807) is 0 Å². The zero-order chi connectivity index (χ0) is 29.5. The molecule has 8 radical (unpaired) electrons. The van der Waals surface area contributed by atoms with Crippen LogP contribution in [0, 0.1) is 27.7 Å². The fourth-order valence-corrected chi connectivity index (χ4v) is 7.37. The van der Waals surface area contributed by atoms with Crippen LogP contribution in [0.3, 0.4) is 0 Å². The first-order valence-electron chi connectivity index (χ1n) is 15.5. The summed E-state index contributed by atoms with van der Waals surface area (Å²) in [5, 5.41) is 5.21. The van der Waals surface area contributed by atoms with Gasteiger partial charge < -0.3 is 33.7 Å². The molecule has 2 fully saturated rings. The maximum Gasteiger partial charge on any atom is 4.00 e.